The van der Waals surface area contributed by atoms with Crippen LogP contribution in [0.5, 0.6) is 0 Å². The highest BCUT2D eigenvalue weighted by molar-refractivity contribution is 7.99. The lowest BCUT2D eigenvalue weighted by Crippen LogP contribution is -2.24. The number of nitrogens with zero attached hydrogens (tertiary/aromatic N) is 8. The Bertz CT molecular complexity index is 619. The fraction of sp³-hybridized carbons (Fsp3) is 0.714. The summed E-state index contributed by atoms with van der Waals surface area (Å²) in [6.07, 6.45) is 4.23. The third-order valence-corrected chi connectivity index (χ3v) is 4.68. The van der Waals surface area contributed by atoms with Gasteiger partial charge in [0.2, 0.25) is 10.3 Å². The van der Waals surface area contributed by atoms with Crippen molar-refractivity contribution < 1.29 is 0 Å². The summed E-state index contributed by atoms with van der Waals surface area (Å²) in [5, 5.41) is 25.4. The summed E-state index contributed by atoms with van der Waals surface area (Å²) in [4.78, 5) is 0. The van der Waals surface area contributed by atoms with Crippen molar-refractivity contribution in [2.24, 2.45) is 0 Å². The fourth-order valence-electron chi connectivity index (χ4n) is 1.76. The molecule has 24 heavy (non-hydrogen) atoms. The van der Waals surface area contributed by atoms with E-state index in [1.165, 1.54) is 0 Å². The van der Waals surface area contributed by atoms with Gasteiger partial charge in [-0.25, -0.2) is 9.36 Å². The zero-order valence-electron chi connectivity index (χ0n) is 15.0. The highest BCUT2D eigenvalue weighted by Crippen LogP contribution is 2.23. The minimum atomic E-state index is -0.116. The number of rotatable bonds is 6. The van der Waals surface area contributed by atoms with Crippen LogP contribution >= 0.6 is 23.5 Å². The van der Waals surface area contributed by atoms with Crippen molar-refractivity contribution in [3.05, 3.63) is 12.2 Å². The molecule has 0 aliphatic heterocycles. The van der Waals surface area contributed by atoms with Gasteiger partial charge in [0.15, 0.2) is 0 Å². The first-order valence-corrected chi connectivity index (χ1v) is 9.65. The highest BCUT2D eigenvalue weighted by atomic mass is 32.2. The standard InChI is InChI=1S/C14H24N8S2/c1-13(2,3)21-11(15-17-19-21)23-9-7-8-10-24-12-16-18-20-22(12)14(4,5)6/h7-8H,9-10H2,1-6H3/b8-7+. The van der Waals surface area contributed by atoms with Crippen LogP contribution in [0, 0.1) is 0 Å². The summed E-state index contributed by atoms with van der Waals surface area (Å²) in [6, 6.07) is 0. The monoisotopic (exact) mass is 368 g/mol. The molecule has 2 aromatic rings. The number of hydrogen-bond acceptors (Lipinski definition) is 8. The molecule has 0 aromatic carbocycles. The predicted octanol–water partition coefficient (Wildman–Crippen LogP) is 2.61. The van der Waals surface area contributed by atoms with Gasteiger partial charge in [0, 0.05) is 11.5 Å². The van der Waals surface area contributed by atoms with Gasteiger partial charge in [0.1, 0.15) is 0 Å². The molecule has 8 nitrogen and oxygen atoms in total. The van der Waals surface area contributed by atoms with Crippen LogP contribution in [0.3, 0.4) is 0 Å². The van der Waals surface area contributed by atoms with Crippen molar-refractivity contribution in [2.45, 2.75) is 62.9 Å². The molecule has 0 spiro atoms. The minimum absolute atomic E-state index is 0.116. The lowest BCUT2D eigenvalue weighted by molar-refractivity contribution is 0.321. The molecule has 0 bridgehead atoms. The van der Waals surface area contributed by atoms with Crippen LogP contribution in [0.1, 0.15) is 41.5 Å². The lowest BCUT2D eigenvalue weighted by atomic mass is 10.1. The number of aromatic nitrogens is 8. The van der Waals surface area contributed by atoms with E-state index in [9.17, 15) is 0 Å². The van der Waals surface area contributed by atoms with Crippen LogP contribution < -0.4 is 0 Å². The molecule has 2 heterocycles. The third kappa shape index (κ3) is 5.04. The quantitative estimate of drug-likeness (QED) is 0.568. The Morgan fingerprint density at radius 2 is 1.12 bits per heavy atom. The lowest BCUT2D eigenvalue weighted by Gasteiger charge is -2.19. The van der Waals surface area contributed by atoms with Crippen molar-refractivity contribution in [3.63, 3.8) is 0 Å². The smallest absolute Gasteiger partial charge is 0.210 e. The molecule has 0 saturated carbocycles. The van der Waals surface area contributed by atoms with Crippen molar-refractivity contribution in [2.75, 3.05) is 11.5 Å². The predicted molar refractivity (Wildman–Crippen MR) is 96.2 cm³/mol. The van der Waals surface area contributed by atoms with Gasteiger partial charge in [-0.15, -0.1) is 10.2 Å². The molecule has 0 N–H and O–H groups in total. The van der Waals surface area contributed by atoms with Crippen molar-refractivity contribution in [1.29, 1.82) is 0 Å². The van der Waals surface area contributed by atoms with E-state index < -0.39 is 0 Å². The van der Waals surface area contributed by atoms with E-state index in [0.717, 1.165) is 21.8 Å². The normalized spacial score (nSPS) is 13.1. The van der Waals surface area contributed by atoms with Gasteiger partial charge in [-0.05, 0) is 62.4 Å². The Morgan fingerprint density at radius 3 is 1.46 bits per heavy atom. The van der Waals surface area contributed by atoms with Gasteiger partial charge in [-0.1, -0.05) is 35.7 Å². The summed E-state index contributed by atoms with van der Waals surface area (Å²) in [5.41, 5.74) is -0.231. The summed E-state index contributed by atoms with van der Waals surface area (Å²) in [7, 11) is 0. The molecule has 0 saturated heterocycles. The molecule has 10 heteroatoms. The minimum Gasteiger partial charge on any atom is -0.215 e. The molecule has 0 aliphatic carbocycles. The molecular formula is C14H24N8S2. The van der Waals surface area contributed by atoms with E-state index in [-0.39, 0.29) is 11.1 Å². The molecule has 0 fully saturated rings. The average Bonchev–Trinajstić information content (AvgIpc) is 3.10. The fourth-order valence-corrected chi connectivity index (χ4v) is 3.58. The van der Waals surface area contributed by atoms with Crippen LogP contribution in [-0.4, -0.2) is 51.9 Å². The Balaban J connectivity index is 1.81. The maximum absolute atomic E-state index is 4.08. The SMILES string of the molecule is CC(C)(C)n1nnnc1SC/C=C/CSc1nnnn1C(C)(C)C. The zero-order valence-corrected chi connectivity index (χ0v) is 16.6. The van der Waals surface area contributed by atoms with E-state index in [1.54, 1.807) is 23.5 Å². The molecule has 0 unspecified atom stereocenters. The molecule has 2 aromatic heterocycles. The van der Waals surface area contributed by atoms with E-state index in [2.05, 4.69) is 84.7 Å². The van der Waals surface area contributed by atoms with Crippen molar-refractivity contribution in [3.8, 4) is 0 Å². The van der Waals surface area contributed by atoms with E-state index in [0.29, 0.717) is 0 Å². The first kappa shape index (κ1) is 18.9. The van der Waals surface area contributed by atoms with Gasteiger partial charge in [-0.2, -0.15) is 0 Å². The highest BCUT2D eigenvalue weighted by Gasteiger charge is 2.20. The first-order valence-electron chi connectivity index (χ1n) is 7.68. The molecule has 0 radical (unpaired) electrons. The molecule has 2 rings (SSSR count). The third-order valence-electron chi connectivity index (χ3n) is 2.94. The van der Waals surface area contributed by atoms with Gasteiger partial charge in [-0.3, -0.25) is 0 Å². The van der Waals surface area contributed by atoms with Crippen molar-refractivity contribution in [1.82, 2.24) is 40.4 Å². The molecule has 0 aliphatic rings. The number of hydrogen-bond donors (Lipinski definition) is 0. The zero-order chi connectivity index (χ0) is 17.8. The maximum Gasteiger partial charge on any atom is 0.210 e. The Hall–Kier alpha value is -1.42. The summed E-state index contributed by atoms with van der Waals surface area (Å²) >= 11 is 3.24. The van der Waals surface area contributed by atoms with Crippen LogP contribution in [0.15, 0.2) is 22.5 Å². The number of tetrazole rings is 2. The number of thioether (sulfide) groups is 2. The van der Waals surface area contributed by atoms with Crippen LogP contribution in [-0.2, 0) is 11.1 Å². The average molecular weight is 369 g/mol. The topological polar surface area (TPSA) is 87.2 Å². The summed E-state index contributed by atoms with van der Waals surface area (Å²) < 4.78 is 3.69. The molecule has 0 atom stereocenters. The van der Waals surface area contributed by atoms with Crippen LogP contribution in [0.4, 0.5) is 0 Å². The summed E-state index contributed by atoms with van der Waals surface area (Å²) in [6.45, 7) is 12.5. The Labute approximate surface area is 150 Å². The Kier molecular flexibility index (Phi) is 6.02. The van der Waals surface area contributed by atoms with Gasteiger partial charge < -0.3 is 0 Å². The maximum atomic E-state index is 4.08. The van der Waals surface area contributed by atoms with Gasteiger partial charge >= 0.3 is 0 Å². The van der Waals surface area contributed by atoms with Crippen LogP contribution in [0.25, 0.3) is 0 Å². The molecular weight excluding hydrogens is 344 g/mol. The van der Waals surface area contributed by atoms with Gasteiger partial charge in [0.05, 0.1) is 11.1 Å². The second-order valence-electron chi connectivity index (χ2n) is 7.18. The van der Waals surface area contributed by atoms with E-state index in [1.807, 2.05) is 9.36 Å². The Morgan fingerprint density at radius 1 is 0.750 bits per heavy atom. The largest absolute Gasteiger partial charge is 0.215 e. The van der Waals surface area contributed by atoms with Crippen molar-refractivity contribution >= 4 is 23.5 Å². The molecule has 0 amide bonds. The second kappa shape index (κ2) is 7.64. The molecule has 132 valence electrons. The summed E-state index contributed by atoms with van der Waals surface area (Å²) in [5.74, 6) is 1.64. The van der Waals surface area contributed by atoms with E-state index >= 15 is 0 Å². The van der Waals surface area contributed by atoms with E-state index in [4.69, 9.17) is 0 Å². The van der Waals surface area contributed by atoms with Crippen LogP contribution in [0.2, 0.25) is 0 Å². The second-order valence-corrected chi connectivity index (χ2v) is 9.16. The first-order chi connectivity index (χ1) is 11.2. The van der Waals surface area contributed by atoms with Gasteiger partial charge in [0.25, 0.3) is 0 Å².